The Hall–Kier alpha value is -1.59. The van der Waals surface area contributed by atoms with Crippen molar-refractivity contribution in [3.05, 3.63) is 29.8 Å². The van der Waals surface area contributed by atoms with Gasteiger partial charge in [0.05, 0.1) is 25.4 Å². The van der Waals surface area contributed by atoms with Gasteiger partial charge in [-0.25, -0.2) is 4.79 Å². The molecule has 0 spiro atoms. The Kier molecular flexibility index (Phi) is 5.18. The highest BCUT2D eigenvalue weighted by Gasteiger charge is 2.09. The highest BCUT2D eigenvalue weighted by atomic mass is 16.5. The first kappa shape index (κ1) is 13.8. The zero-order chi connectivity index (χ0) is 13.5. The van der Waals surface area contributed by atoms with Crippen molar-refractivity contribution in [2.24, 2.45) is 0 Å². The fraction of sp³-hybridized carbons (Fsp3) is 0.500. The largest absolute Gasteiger partial charge is 0.494 e. The first-order chi connectivity index (χ1) is 9.25. The van der Waals surface area contributed by atoms with E-state index in [-0.39, 0.29) is 5.56 Å². The lowest BCUT2D eigenvalue weighted by molar-refractivity contribution is 0.0358. The van der Waals surface area contributed by atoms with Crippen LogP contribution in [0.25, 0.3) is 0 Å². The van der Waals surface area contributed by atoms with Crippen LogP contribution < -0.4 is 4.74 Å². The molecule has 0 atom stereocenters. The van der Waals surface area contributed by atoms with Crippen molar-refractivity contribution in [2.75, 3.05) is 39.5 Å². The van der Waals surface area contributed by atoms with Gasteiger partial charge in [0, 0.05) is 19.6 Å². The van der Waals surface area contributed by atoms with E-state index in [1.807, 2.05) is 0 Å². The van der Waals surface area contributed by atoms with Crippen LogP contribution in [0.1, 0.15) is 16.8 Å². The third-order valence-electron chi connectivity index (χ3n) is 3.07. The zero-order valence-electron chi connectivity index (χ0n) is 10.9. The summed E-state index contributed by atoms with van der Waals surface area (Å²) < 4.78 is 10.8. The number of hydrogen-bond donors (Lipinski definition) is 1. The fourth-order valence-corrected chi connectivity index (χ4v) is 2.02. The minimum absolute atomic E-state index is 0.255. The summed E-state index contributed by atoms with van der Waals surface area (Å²) in [5.74, 6) is -0.319. The molecule has 0 aromatic heterocycles. The molecule has 1 fully saturated rings. The molecule has 1 N–H and O–H groups in total. The number of carboxylic acids is 1. The summed E-state index contributed by atoms with van der Waals surface area (Å²) in [4.78, 5) is 13.2. The van der Waals surface area contributed by atoms with Crippen LogP contribution in [0.4, 0.5) is 0 Å². The van der Waals surface area contributed by atoms with E-state index >= 15 is 0 Å². The van der Waals surface area contributed by atoms with Crippen LogP contribution in [0.2, 0.25) is 0 Å². The quantitative estimate of drug-likeness (QED) is 0.790. The van der Waals surface area contributed by atoms with Gasteiger partial charge in [0.25, 0.3) is 0 Å². The van der Waals surface area contributed by atoms with Crippen LogP contribution in [0.15, 0.2) is 24.3 Å². The van der Waals surface area contributed by atoms with Crippen molar-refractivity contribution >= 4 is 5.97 Å². The topological polar surface area (TPSA) is 59.0 Å². The minimum atomic E-state index is -0.932. The Labute approximate surface area is 112 Å². The molecule has 1 aromatic carbocycles. The number of rotatable bonds is 6. The van der Waals surface area contributed by atoms with Crippen LogP contribution in [0, 0.1) is 0 Å². The van der Waals surface area contributed by atoms with Crippen molar-refractivity contribution in [1.82, 2.24) is 4.90 Å². The Morgan fingerprint density at radius 2 is 2.16 bits per heavy atom. The van der Waals surface area contributed by atoms with Gasteiger partial charge in [-0.1, -0.05) is 6.07 Å². The first-order valence-electron chi connectivity index (χ1n) is 6.52. The number of aromatic carboxylic acids is 1. The summed E-state index contributed by atoms with van der Waals surface area (Å²) in [5.41, 5.74) is 0.255. The molecule has 1 aliphatic rings. The number of carbonyl (C=O) groups is 1. The predicted octanol–water partition coefficient (Wildman–Crippen LogP) is 1.49. The number of hydrogen-bond acceptors (Lipinski definition) is 4. The van der Waals surface area contributed by atoms with Crippen molar-refractivity contribution < 1.29 is 19.4 Å². The molecule has 2 rings (SSSR count). The second kappa shape index (κ2) is 7.11. The molecule has 0 unspecified atom stereocenters. The maximum atomic E-state index is 10.8. The molecule has 104 valence electrons. The van der Waals surface area contributed by atoms with E-state index in [4.69, 9.17) is 14.6 Å². The second-order valence-electron chi connectivity index (χ2n) is 4.49. The molecular formula is C14H19NO4. The van der Waals surface area contributed by atoms with Gasteiger partial charge in [0.1, 0.15) is 5.75 Å². The van der Waals surface area contributed by atoms with Gasteiger partial charge in [0.15, 0.2) is 0 Å². The molecular weight excluding hydrogens is 246 g/mol. The average Bonchev–Trinajstić information content (AvgIpc) is 2.45. The fourth-order valence-electron chi connectivity index (χ4n) is 2.02. The van der Waals surface area contributed by atoms with Crippen LogP contribution in [-0.4, -0.2) is 55.4 Å². The normalized spacial score (nSPS) is 16.2. The molecule has 0 aliphatic carbocycles. The lowest BCUT2D eigenvalue weighted by Gasteiger charge is -2.26. The SMILES string of the molecule is O=C(O)c1cccc(OCCCN2CCOCC2)c1. The van der Waals surface area contributed by atoms with E-state index in [0.29, 0.717) is 12.4 Å². The summed E-state index contributed by atoms with van der Waals surface area (Å²) in [7, 11) is 0. The molecule has 0 saturated carbocycles. The van der Waals surface area contributed by atoms with E-state index in [0.717, 1.165) is 39.3 Å². The van der Waals surface area contributed by atoms with Crippen LogP contribution >= 0.6 is 0 Å². The lowest BCUT2D eigenvalue weighted by atomic mass is 10.2. The van der Waals surface area contributed by atoms with E-state index in [1.54, 1.807) is 24.3 Å². The number of benzene rings is 1. The molecule has 5 nitrogen and oxygen atoms in total. The average molecular weight is 265 g/mol. The maximum absolute atomic E-state index is 10.8. The summed E-state index contributed by atoms with van der Waals surface area (Å²) in [6, 6.07) is 6.59. The zero-order valence-corrected chi connectivity index (χ0v) is 10.9. The summed E-state index contributed by atoms with van der Waals surface area (Å²) >= 11 is 0. The van der Waals surface area contributed by atoms with E-state index in [2.05, 4.69) is 4.90 Å². The highest BCUT2D eigenvalue weighted by molar-refractivity contribution is 5.87. The van der Waals surface area contributed by atoms with Crippen LogP contribution in [-0.2, 0) is 4.74 Å². The summed E-state index contributed by atoms with van der Waals surface area (Å²) in [6.45, 7) is 5.16. The Bertz CT molecular complexity index is 416. The monoisotopic (exact) mass is 265 g/mol. The van der Waals surface area contributed by atoms with Gasteiger partial charge < -0.3 is 14.6 Å². The lowest BCUT2D eigenvalue weighted by Crippen LogP contribution is -2.37. The first-order valence-corrected chi connectivity index (χ1v) is 6.52. The van der Waals surface area contributed by atoms with Crippen molar-refractivity contribution in [1.29, 1.82) is 0 Å². The van der Waals surface area contributed by atoms with Crippen LogP contribution in [0.5, 0.6) is 5.75 Å². The third-order valence-corrected chi connectivity index (χ3v) is 3.07. The highest BCUT2D eigenvalue weighted by Crippen LogP contribution is 2.13. The third kappa shape index (κ3) is 4.54. The van der Waals surface area contributed by atoms with Gasteiger partial charge >= 0.3 is 5.97 Å². The van der Waals surface area contributed by atoms with Gasteiger partial charge in [-0.15, -0.1) is 0 Å². The number of ether oxygens (including phenoxy) is 2. The smallest absolute Gasteiger partial charge is 0.335 e. The van der Waals surface area contributed by atoms with Gasteiger partial charge in [0.2, 0.25) is 0 Å². The molecule has 1 aliphatic heterocycles. The molecule has 19 heavy (non-hydrogen) atoms. The molecule has 0 amide bonds. The maximum Gasteiger partial charge on any atom is 0.335 e. The molecule has 5 heteroatoms. The Morgan fingerprint density at radius 3 is 2.89 bits per heavy atom. The van der Waals surface area contributed by atoms with Crippen LogP contribution in [0.3, 0.4) is 0 Å². The predicted molar refractivity (Wildman–Crippen MR) is 70.8 cm³/mol. The molecule has 1 heterocycles. The Balaban J connectivity index is 1.70. The van der Waals surface area contributed by atoms with Crippen molar-refractivity contribution in [3.63, 3.8) is 0 Å². The van der Waals surface area contributed by atoms with Gasteiger partial charge in [-0.3, -0.25) is 4.90 Å². The molecule has 1 saturated heterocycles. The number of morpholine rings is 1. The van der Waals surface area contributed by atoms with E-state index in [9.17, 15) is 4.79 Å². The molecule has 0 radical (unpaired) electrons. The molecule has 0 bridgehead atoms. The van der Waals surface area contributed by atoms with Gasteiger partial charge in [-0.05, 0) is 24.6 Å². The number of carboxylic acid groups (broad SMARTS) is 1. The number of nitrogens with zero attached hydrogens (tertiary/aromatic N) is 1. The van der Waals surface area contributed by atoms with Crippen molar-refractivity contribution in [2.45, 2.75) is 6.42 Å². The summed E-state index contributed by atoms with van der Waals surface area (Å²) in [6.07, 6.45) is 0.928. The summed E-state index contributed by atoms with van der Waals surface area (Å²) in [5, 5.41) is 8.88. The van der Waals surface area contributed by atoms with Crippen molar-refractivity contribution in [3.8, 4) is 5.75 Å². The molecule has 1 aromatic rings. The minimum Gasteiger partial charge on any atom is -0.494 e. The Morgan fingerprint density at radius 1 is 1.37 bits per heavy atom. The second-order valence-corrected chi connectivity index (χ2v) is 4.49. The van der Waals surface area contributed by atoms with Gasteiger partial charge in [-0.2, -0.15) is 0 Å². The van der Waals surface area contributed by atoms with E-state index < -0.39 is 5.97 Å². The van der Waals surface area contributed by atoms with E-state index in [1.165, 1.54) is 0 Å². The standard InChI is InChI=1S/C14H19NO4/c16-14(17)12-3-1-4-13(11-12)19-8-2-5-15-6-9-18-10-7-15/h1,3-4,11H,2,5-10H2,(H,16,17).